The summed E-state index contributed by atoms with van der Waals surface area (Å²) in [6.07, 6.45) is 3.85. The lowest BCUT2D eigenvalue weighted by atomic mass is 10.00. The fourth-order valence-corrected chi connectivity index (χ4v) is 3.00. The van der Waals surface area contributed by atoms with Crippen LogP contribution in [0.4, 0.5) is 0 Å². The van der Waals surface area contributed by atoms with Gasteiger partial charge in [0.2, 0.25) is 0 Å². The van der Waals surface area contributed by atoms with Crippen molar-refractivity contribution >= 4 is 11.0 Å². The van der Waals surface area contributed by atoms with E-state index in [0.29, 0.717) is 12.1 Å². The average molecular weight is 243 g/mol. The first kappa shape index (κ1) is 11.7. The van der Waals surface area contributed by atoms with Gasteiger partial charge in [-0.05, 0) is 45.4 Å². The zero-order valence-corrected chi connectivity index (χ0v) is 11.2. The first-order chi connectivity index (χ1) is 8.75. The summed E-state index contributed by atoms with van der Waals surface area (Å²) in [5, 5.41) is 0. The fraction of sp³-hybridized carbons (Fsp3) is 0.533. The standard InChI is InChI=1S/C15H21N3/c1-11(2)18-10-6-5-9-14(18)15-16-12-7-3-4-8-13(12)17-15/h3-4,7-8,11,14H,5-6,9-10H2,1-2H3,(H,16,17)/t14-/m1/s1. The summed E-state index contributed by atoms with van der Waals surface area (Å²) in [4.78, 5) is 10.8. The van der Waals surface area contributed by atoms with Crippen molar-refractivity contribution < 1.29 is 0 Å². The van der Waals surface area contributed by atoms with Gasteiger partial charge in [0.1, 0.15) is 5.82 Å². The second-order valence-electron chi connectivity index (χ2n) is 5.48. The second kappa shape index (κ2) is 4.73. The van der Waals surface area contributed by atoms with Crippen molar-refractivity contribution in [3.63, 3.8) is 0 Å². The van der Waals surface area contributed by atoms with E-state index in [2.05, 4.69) is 41.9 Å². The molecule has 0 bridgehead atoms. The zero-order chi connectivity index (χ0) is 12.5. The summed E-state index contributed by atoms with van der Waals surface area (Å²) >= 11 is 0. The molecule has 1 N–H and O–H groups in total. The normalized spacial score (nSPS) is 21.8. The molecule has 3 heteroatoms. The van der Waals surface area contributed by atoms with Crippen molar-refractivity contribution in [1.82, 2.24) is 14.9 Å². The molecule has 18 heavy (non-hydrogen) atoms. The van der Waals surface area contributed by atoms with E-state index in [-0.39, 0.29) is 0 Å². The zero-order valence-electron chi connectivity index (χ0n) is 11.2. The number of H-pyrrole nitrogens is 1. The third kappa shape index (κ3) is 2.03. The number of nitrogens with zero attached hydrogens (tertiary/aromatic N) is 2. The minimum atomic E-state index is 0.464. The summed E-state index contributed by atoms with van der Waals surface area (Å²) in [6.45, 7) is 5.75. The van der Waals surface area contributed by atoms with Crippen LogP contribution < -0.4 is 0 Å². The van der Waals surface area contributed by atoms with E-state index in [1.54, 1.807) is 0 Å². The number of para-hydroxylation sites is 2. The lowest BCUT2D eigenvalue weighted by molar-refractivity contribution is 0.107. The fourth-order valence-electron chi connectivity index (χ4n) is 3.00. The molecule has 1 atom stereocenters. The van der Waals surface area contributed by atoms with E-state index >= 15 is 0 Å². The van der Waals surface area contributed by atoms with Crippen molar-refractivity contribution in [2.24, 2.45) is 0 Å². The Bertz CT molecular complexity index is 496. The first-order valence-electron chi connectivity index (χ1n) is 6.96. The summed E-state index contributed by atoms with van der Waals surface area (Å²) in [6, 6.07) is 9.35. The third-order valence-corrected chi connectivity index (χ3v) is 3.93. The number of rotatable bonds is 2. The summed E-state index contributed by atoms with van der Waals surface area (Å²) in [5.74, 6) is 1.14. The van der Waals surface area contributed by atoms with Gasteiger partial charge in [0.25, 0.3) is 0 Å². The second-order valence-corrected chi connectivity index (χ2v) is 5.48. The molecule has 1 fully saturated rings. The smallest absolute Gasteiger partial charge is 0.124 e. The van der Waals surface area contributed by atoms with Gasteiger partial charge in [0, 0.05) is 6.04 Å². The minimum Gasteiger partial charge on any atom is -0.341 e. The van der Waals surface area contributed by atoms with Gasteiger partial charge in [0.15, 0.2) is 0 Å². The Balaban J connectivity index is 1.96. The monoisotopic (exact) mass is 243 g/mol. The molecule has 0 amide bonds. The number of hydrogen-bond donors (Lipinski definition) is 1. The molecule has 3 nitrogen and oxygen atoms in total. The molecule has 0 saturated carbocycles. The van der Waals surface area contributed by atoms with Crippen molar-refractivity contribution in [3.05, 3.63) is 30.1 Å². The van der Waals surface area contributed by atoms with Crippen LogP contribution in [-0.4, -0.2) is 27.5 Å². The summed E-state index contributed by atoms with van der Waals surface area (Å²) < 4.78 is 0. The Hall–Kier alpha value is -1.35. The SMILES string of the molecule is CC(C)N1CCCC[C@@H]1c1nc2ccccc2[nH]1. The number of piperidine rings is 1. The van der Waals surface area contributed by atoms with Gasteiger partial charge in [-0.25, -0.2) is 4.98 Å². The molecular weight excluding hydrogens is 222 g/mol. The molecule has 2 heterocycles. The minimum absolute atomic E-state index is 0.464. The van der Waals surface area contributed by atoms with Gasteiger partial charge in [-0.1, -0.05) is 18.6 Å². The van der Waals surface area contributed by atoms with E-state index < -0.39 is 0 Å². The van der Waals surface area contributed by atoms with Gasteiger partial charge in [-0.3, -0.25) is 4.90 Å². The molecule has 0 aliphatic carbocycles. The van der Waals surface area contributed by atoms with E-state index in [1.165, 1.54) is 25.8 Å². The molecule has 0 spiro atoms. The summed E-state index contributed by atoms with van der Waals surface area (Å²) in [5.41, 5.74) is 2.24. The van der Waals surface area contributed by atoms with Gasteiger partial charge >= 0.3 is 0 Å². The van der Waals surface area contributed by atoms with Crippen LogP contribution in [0.2, 0.25) is 0 Å². The number of fused-ring (bicyclic) bond motifs is 1. The van der Waals surface area contributed by atoms with Crippen molar-refractivity contribution in [3.8, 4) is 0 Å². The Morgan fingerprint density at radius 3 is 2.89 bits per heavy atom. The maximum absolute atomic E-state index is 4.77. The van der Waals surface area contributed by atoms with Crippen LogP contribution in [0, 0.1) is 0 Å². The van der Waals surface area contributed by atoms with Crippen LogP contribution in [0.5, 0.6) is 0 Å². The number of hydrogen-bond acceptors (Lipinski definition) is 2. The highest BCUT2D eigenvalue weighted by Crippen LogP contribution is 2.31. The lowest BCUT2D eigenvalue weighted by Gasteiger charge is -2.37. The molecule has 0 radical (unpaired) electrons. The van der Waals surface area contributed by atoms with Gasteiger partial charge in [0.05, 0.1) is 17.1 Å². The van der Waals surface area contributed by atoms with E-state index in [0.717, 1.165) is 16.9 Å². The molecule has 1 aromatic heterocycles. The molecule has 3 rings (SSSR count). The maximum Gasteiger partial charge on any atom is 0.124 e. The van der Waals surface area contributed by atoms with Crippen LogP contribution in [0.3, 0.4) is 0 Å². The van der Waals surface area contributed by atoms with E-state index in [4.69, 9.17) is 4.98 Å². The highest BCUT2D eigenvalue weighted by molar-refractivity contribution is 5.74. The topological polar surface area (TPSA) is 31.9 Å². The Labute approximate surface area is 108 Å². The Morgan fingerprint density at radius 1 is 1.28 bits per heavy atom. The molecule has 96 valence electrons. The Morgan fingerprint density at radius 2 is 2.11 bits per heavy atom. The van der Waals surface area contributed by atoms with Crippen molar-refractivity contribution in [2.45, 2.75) is 45.2 Å². The predicted molar refractivity (Wildman–Crippen MR) is 74.5 cm³/mol. The quantitative estimate of drug-likeness (QED) is 0.875. The number of aromatic amines is 1. The molecule has 0 unspecified atom stereocenters. The van der Waals surface area contributed by atoms with Gasteiger partial charge in [-0.15, -0.1) is 0 Å². The molecule has 1 aromatic carbocycles. The first-order valence-corrected chi connectivity index (χ1v) is 6.96. The molecule has 1 aliphatic heterocycles. The number of benzene rings is 1. The number of nitrogens with one attached hydrogen (secondary N) is 1. The Kier molecular flexibility index (Phi) is 3.08. The van der Waals surface area contributed by atoms with Crippen LogP contribution in [-0.2, 0) is 0 Å². The molecule has 1 aliphatic rings. The van der Waals surface area contributed by atoms with Crippen LogP contribution in [0.15, 0.2) is 24.3 Å². The van der Waals surface area contributed by atoms with Crippen LogP contribution in [0.1, 0.15) is 45.0 Å². The van der Waals surface area contributed by atoms with E-state index in [9.17, 15) is 0 Å². The van der Waals surface area contributed by atoms with Gasteiger partial charge in [-0.2, -0.15) is 0 Å². The summed E-state index contributed by atoms with van der Waals surface area (Å²) in [7, 11) is 0. The lowest BCUT2D eigenvalue weighted by Crippen LogP contribution is -2.38. The van der Waals surface area contributed by atoms with Crippen LogP contribution >= 0.6 is 0 Å². The predicted octanol–water partition coefficient (Wildman–Crippen LogP) is 3.50. The number of aromatic nitrogens is 2. The number of likely N-dealkylation sites (tertiary alicyclic amines) is 1. The largest absolute Gasteiger partial charge is 0.341 e. The highest BCUT2D eigenvalue weighted by Gasteiger charge is 2.27. The van der Waals surface area contributed by atoms with Crippen LogP contribution in [0.25, 0.3) is 11.0 Å². The maximum atomic E-state index is 4.77. The highest BCUT2D eigenvalue weighted by atomic mass is 15.2. The molecule has 1 saturated heterocycles. The van der Waals surface area contributed by atoms with Crippen molar-refractivity contribution in [2.75, 3.05) is 6.54 Å². The average Bonchev–Trinajstić information content (AvgIpc) is 2.82. The molecular formula is C15H21N3. The van der Waals surface area contributed by atoms with Crippen molar-refractivity contribution in [1.29, 1.82) is 0 Å². The third-order valence-electron chi connectivity index (χ3n) is 3.93. The number of imidazole rings is 1. The van der Waals surface area contributed by atoms with Gasteiger partial charge < -0.3 is 4.98 Å². The molecule has 2 aromatic rings. The van der Waals surface area contributed by atoms with E-state index in [1.807, 2.05) is 6.07 Å².